The standard InChI is InChI=1S/C20H31N5.HI/c1-17(2)7-4-5-10-23-20(21-3)24-14-18-8-6-9-19(13-18)15-25-12-11-22-16-25;/h6,8-9,11-13,16-17H,4-5,7,10,14-15H2,1-3H3,(H2,21,23,24);1H. The normalized spacial score (nSPS) is 11.3. The van der Waals surface area contributed by atoms with Gasteiger partial charge in [-0.3, -0.25) is 4.99 Å². The average molecular weight is 469 g/mol. The van der Waals surface area contributed by atoms with E-state index in [1.54, 1.807) is 0 Å². The molecule has 0 aliphatic heterocycles. The van der Waals surface area contributed by atoms with Gasteiger partial charge in [0.1, 0.15) is 0 Å². The van der Waals surface area contributed by atoms with Crippen molar-refractivity contribution >= 4 is 29.9 Å². The minimum absolute atomic E-state index is 0. The summed E-state index contributed by atoms with van der Waals surface area (Å²) in [5.41, 5.74) is 2.52. The lowest BCUT2D eigenvalue weighted by atomic mass is 10.1. The zero-order valence-electron chi connectivity index (χ0n) is 16.1. The van der Waals surface area contributed by atoms with Gasteiger partial charge < -0.3 is 15.2 Å². The molecule has 6 heteroatoms. The van der Waals surface area contributed by atoms with Gasteiger partial charge in [0.2, 0.25) is 0 Å². The fourth-order valence-corrected chi connectivity index (χ4v) is 2.72. The second-order valence-electron chi connectivity index (χ2n) is 6.80. The number of halogens is 1. The molecule has 0 bridgehead atoms. The van der Waals surface area contributed by atoms with Crippen molar-refractivity contribution in [3.63, 3.8) is 0 Å². The van der Waals surface area contributed by atoms with Gasteiger partial charge in [-0.1, -0.05) is 51.0 Å². The van der Waals surface area contributed by atoms with Crippen LogP contribution in [-0.2, 0) is 13.1 Å². The number of benzene rings is 1. The Morgan fingerprint density at radius 3 is 2.69 bits per heavy atom. The van der Waals surface area contributed by atoms with Crippen molar-refractivity contribution in [1.29, 1.82) is 0 Å². The molecule has 26 heavy (non-hydrogen) atoms. The highest BCUT2D eigenvalue weighted by molar-refractivity contribution is 14.0. The van der Waals surface area contributed by atoms with Gasteiger partial charge in [-0.05, 0) is 23.5 Å². The third-order valence-corrected chi connectivity index (χ3v) is 4.10. The van der Waals surface area contributed by atoms with Crippen LogP contribution in [0.1, 0.15) is 44.2 Å². The maximum absolute atomic E-state index is 4.30. The predicted octanol–water partition coefficient (Wildman–Crippen LogP) is 4.04. The zero-order valence-corrected chi connectivity index (χ0v) is 18.4. The number of unbranched alkanes of at least 4 members (excludes halogenated alkanes) is 1. The van der Waals surface area contributed by atoms with Crippen molar-refractivity contribution < 1.29 is 0 Å². The molecule has 0 spiro atoms. The number of rotatable bonds is 9. The third kappa shape index (κ3) is 8.69. The number of nitrogens with zero attached hydrogens (tertiary/aromatic N) is 3. The van der Waals surface area contributed by atoms with E-state index in [0.717, 1.165) is 31.5 Å². The molecule has 0 unspecified atom stereocenters. The first-order valence-electron chi connectivity index (χ1n) is 9.15. The summed E-state index contributed by atoms with van der Waals surface area (Å²) in [5.74, 6) is 1.65. The van der Waals surface area contributed by atoms with Crippen molar-refractivity contribution in [3.05, 3.63) is 54.1 Å². The molecule has 1 aromatic heterocycles. The molecule has 2 aromatic rings. The Labute approximate surface area is 174 Å². The average Bonchev–Trinajstić information content (AvgIpc) is 3.10. The fourth-order valence-electron chi connectivity index (χ4n) is 2.72. The number of hydrogen-bond acceptors (Lipinski definition) is 2. The summed E-state index contributed by atoms with van der Waals surface area (Å²) < 4.78 is 2.07. The molecule has 0 saturated heterocycles. The summed E-state index contributed by atoms with van der Waals surface area (Å²) in [7, 11) is 1.82. The number of imidazole rings is 1. The molecule has 0 radical (unpaired) electrons. The van der Waals surface area contributed by atoms with Gasteiger partial charge in [-0.2, -0.15) is 0 Å². The van der Waals surface area contributed by atoms with E-state index >= 15 is 0 Å². The highest BCUT2D eigenvalue weighted by atomic mass is 127. The van der Waals surface area contributed by atoms with Crippen molar-refractivity contribution in [2.75, 3.05) is 13.6 Å². The van der Waals surface area contributed by atoms with Gasteiger partial charge >= 0.3 is 0 Å². The van der Waals surface area contributed by atoms with E-state index in [2.05, 4.69) is 63.3 Å². The van der Waals surface area contributed by atoms with Gasteiger partial charge in [0.25, 0.3) is 0 Å². The van der Waals surface area contributed by atoms with Crippen molar-refractivity contribution in [1.82, 2.24) is 20.2 Å². The molecule has 2 rings (SSSR count). The first-order valence-corrected chi connectivity index (χ1v) is 9.15. The van der Waals surface area contributed by atoms with Gasteiger partial charge in [-0.25, -0.2) is 4.98 Å². The number of hydrogen-bond donors (Lipinski definition) is 2. The van der Waals surface area contributed by atoms with Crippen LogP contribution < -0.4 is 10.6 Å². The Kier molecular flexibility index (Phi) is 11.0. The Bertz CT molecular complexity index is 637. The summed E-state index contributed by atoms with van der Waals surface area (Å²) in [6.45, 7) is 7.12. The first-order chi connectivity index (χ1) is 12.2. The van der Waals surface area contributed by atoms with Crippen LogP contribution in [0.4, 0.5) is 0 Å². The van der Waals surface area contributed by atoms with Crippen LogP contribution in [0.15, 0.2) is 48.0 Å². The second kappa shape index (κ2) is 12.7. The predicted molar refractivity (Wildman–Crippen MR) is 120 cm³/mol. The van der Waals surface area contributed by atoms with E-state index in [0.29, 0.717) is 0 Å². The number of guanidine groups is 1. The highest BCUT2D eigenvalue weighted by Crippen LogP contribution is 2.07. The molecule has 0 fully saturated rings. The van der Waals surface area contributed by atoms with Crippen molar-refractivity contribution in [2.24, 2.45) is 10.9 Å². The Morgan fingerprint density at radius 2 is 2.00 bits per heavy atom. The van der Waals surface area contributed by atoms with E-state index in [9.17, 15) is 0 Å². The van der Waals surface area contributed by atoms with Crippen molar-refractivity contribution in [2.45, 2.75) is 46.2 Å². The van der Waals surface area contributed by atoms with E-state index in [-0.39, 0.29) is 24.0 Å². The Hall–Kier alpha value is -1.57. The zero-order chi connectivity index (χ0) is 17.9. The lowest BCUT2D eigenvalue weighted by Gasteiger charge is -2.13. The fraction of sp³-hybridized carbons (Fsp3) is 0.500. The Morgan fingerprint density at radius 1 is 1.19 bits per heavy atom. The summed E-state index contributed by atoms with van der Waals surface area (Å²) in [4.78, 5) is 8.39. The van der Waals surface area contributed by atoms with Gasteiger partial charge in [0.15, 0.2) is 5.96 Å². The minimum atomic E-state index is 0. The molecular weight excluding hydrogens is 437 g/mol. The molecule has 1 heterocycles. The largest absolute Gasteiger partial charge is 0.356 e. The van der Waals surface area contributed by atoms with E-state index in [1.807, 2.05) is 25.8 Å². The smallest absolute Gasteiger partial charge is 0.191 e. The minimum Gasteiger partial charge on any atom is -0.356 e. The molecule has 0 amide bonds. The molecule has 2 N–H and O–H groups in total. The number of aromatic nitrogens is 2. The molecule has 0 saturated carbocycles. The maximum atomic E-state index is 4.30. The maximum Gasteiger partial charge on any atom is 0.191 e. The number of nitrogens with one attached hydrogen (secondary N) is 2. The lowest BCUT2D eigenvalue weighted by molar-refractivity contribution is 0.534. The Balaban J connectivity index is 0.00000338. The van der Waals surface area contributed by atoms with Crippen LogP contribution in [-0.4, -0.2) is 29.1 Å². The summed E-state index contributed by atoms with van der Waals surface area (Å²) in [6.07, 6.45) is 9.36. The molecular formula is C20H32IN5. The van der Waals surface area contributed by atoms with E-state index in [4.69, 9.17) is 0 Å². The second-order valence-corrected chi connectivity index (χ2v) is 6.80. The van der Waals surface area contributed by atoms with Crippen LogP contribution in [0, 0.1) is 5.92 Å². The molecule has 0 aliphatic carbocycles. The summed E-state index contributed by atoms with van der Waals surface area (Å²) >= 11 is 0. The topological polar surface area (TPSA) is 54.2 Å². The lowest BCUT2D eigenvalue weighted by Crippen LogP contribution is -2.37. The number of aliphatic imine (C=N–C) groups is 1. The van der Waals surface area contributed by atoms with Crippen LogP contribution >= 0.6 is 24.0 Å². The molecule has 144 valence electrons. The molecule has 0 atom stereocenters. The third-order valence-electron chi connectivity index (χ3n) is 4.10. The van der Waals surface area contributed by atoms with Gasteiger partial charge in [-0.15, -0.1) is 24.0 Å². The van der Waals surface area contributed by atoms with E-state index < -0.39 is 0 Å². The molecule has 1 aromatic carbocycles. The SMILES string of the molecule is CN=C(NCCCCC(C)C)NCc1cccc(Cn2ccnc2)c1.I. The van der Waals surface area contributed by atoms with Crippen LogP contribution in [0.2, 0.25) is 0 Å². The van der Waals surface area contributed by atoms with Crippen LogP contribution in [0.25, 0.3) is 0 Å². The molecule has 0 aliphatic rings. The van der Waals surface area contributed by atoms with Crippen LogP contribution in [0.3, 0.4) is 0 Å². The first kappa shape index (κ1) is 22.5. The van der Waals surface area contributed by atoms with Crippen molar-refractivity contribution in [3.8, 4) is 0 Å². The summed E-state index contributed by atoms with van der Waals surface area (Å²) in [6, 6.07) is 8.61. The van der Waals surface area contributed by atoms with Crippen LogP contribution in [0.5, 0.6) is 0 Å². The molecule has 5 nitrogen and oxygen atoms in total. The van der Waals surface area contributed by atoms with E-state index in [1.165, 1.54) is 30.4 Å². The van der Waals surface area contributed by atoms with Gasteiger partial charge in [0, 0.05) is 39.1 Å². The highest BCUT2D eigenvalue weighted by Gasteiger charge is 2.01. The monoisotopic (exact) mass is 469 g/mol. The quantitative estimate of drug-likeness (QED) is 0.252. The summed E-state index contributed by atoms with van der Waals surface area (Å²) in [5, 5.41) is 6.78. The van der Waals surface area contributed by atoms with Gasteiger partial charge in [0.05, 0.1) is 6.33 Å².